The van der Waals surface area contributed by atoms with Crippen molar-refractivity contribution in [2.45, 2.75) is 12.8 Å². The molecule has 1 fully saturated rings. The van der Waals surface area contributed by atoms with Gasteiger partial charge in [0.15, 0.2) is 0 Å². The summed E-state index contributed by atoms with van der Waals surface area (Å²) in [7, 11) is 0. The molecule has 4 heteroatoms. The van der Waals surface area contributed by atoms with Gasteiger partial charge in [0.25, 0.3) is 0 Å². The molecule has 1 aliphatic heterocycles. The first-order chi connectivity index (χ1) is 7.74. The van der Waals surface area contributed by atoms with E-state index in [1.165, 1.54) is 16.7 Å². The van der Waals surface area contributed by atoms with E-state index >= 15 is 0 Å². The highest BCUT2D eigenvalue weighted by Crippen LogP contribution is 2.36. The standard InChI is InChI=1S/C12H11BrN2O/c13-11-3-7-1-2-9(10(7)6-14-11)8-4-12(16)15-5-8/h2-3,6,8H,1,4-5H2,(H,15,16). The van der Waals surface area contributed by atoms with Gasteiger partial charge >= 0.3 is 0 Å². The van der Waals surface area contributed by atoms with Gasteiger partial charge in [-0.2, -0.15) is 0 Å². The predicted octanol–water partition coefficient (Wildman–Crippen LogP) is 1.92. The molecule has 2 aliphatic rings. The average Bonchev–Trinajstić information content (AvgIpc) is 2.83. The van der Waals surface area contributed by atoms with Crippen LogP contribution in [0.2, 0.25) is 0 Å². The second kappa shape index (κ2) is 3.70. The van der Waals surface area contributed by atoms with E-state index in [9.17, 15) is 4.79 Å². The summed E-state index contributed by atoms with van der Waals surface area (Å²) in [6, 6.07) is 2.06. The molecule has 1 N–H and O–H groups in total. The first kappa shape index (κ1) is 10.0. The Morgan fingerprint density at radius 2 is 2.38 bits per heavy atom. The third-order valence-electron chi connectivity index (χ3n) is 3.23. The van der Waals surface area contributed by atoms with E-state index in [0.717, 1.165) is 17.6 Å². The van der Waals surface area contributed by atoms with Crippen LogP contribution in [0.3, 0.4) is 0 Å². The van der Waals surface area contributed by atoms with Crippen molar-refractivity contribution in [3.8, 4) is 0 Å². The molecule has 1 aliphatic carbocycles. The number of carbonyl (C=O) groups excluding carboxylic acids is 1. The number of amides is 1. The summed E-state index contributed by atoms with van der Waals surface area (Å²) in [6.07, 6.45) is 5.70. The molecule has 16 heavy (non-hydrogen) atoms. The molecule has 0 radical (unpaired) electrons. The summed E-state index contributed by atoms with van der Waals surface area (Å²) in [5.74, 6) is 0.487. The lowest BCUT2D eigenvalue weighted by molar-refractivity contribution is -0.119. The van der Waals surface area contributed by atoms with Gasteiger partial charge in [-0.25, -0.2) is 4.98 Å². The minimum Gasteiger partial charge on any atom is -0.355 e. The largest absolute Gasteiger partial charge is 0.355 e. The van der Waals surface area contributed by atoms with E-state index in [0.29, 0.717) is 12.3 Å². The summed E-state index contributed by atoms with van der Waals surface area (Å²) in [6.45, 7) is 0.764. The first-order valence-corrected chi connectivity index (χ1v) is 6.15. The molecule has 82 valence electrons. The van der Waals surface area contributed by atoms with Crippen molar-refractivity contribution in [2.24, 2.45) is 5.92 Å². The average molecular weight is 279 g/mol. The van der Waals surface area contributed by atoms with Gasteiger partial charge in [0.2, 0.25) is 5.91 Å². The summed E-state index contributed by atoms with van der Waals surface area (Å²) < 4.78 is 0.876. The molecular formula is C12H11BrN2O. The van der Waals surface area contributed by atoms with Crippen LogP contribution in [0.1, 0.15) is 17.5 Å². The quantitative estimate of drug-likeness (QED) is 0.798. The van der Waals surface area contributed by atoms with Gasteiger partial charge < -0.3 is 5.32 Å². The molecule has 0 aromatic carbocycles. The number of aromatic nitrogens is 1. The molecule has 1 aromatic heterocycles. The predicted molar refractivity (Wildman–Crippen MR) is 64.7 cm³/mol. The maximum Gasteiger partial charge on any atom is 0.220 e. The second-order valence-electron chi connectivity index (χ2n) is 4.23. The second-order valence-corrected chi connectivity index (χ2v) is 5.05. The Hall–Kier alpha value is -1.16. The number of hydrogen-bond acceptors (Lipinski definition) is 2. The van der Waals surface area contributed by atoms with E-state index in [2.05, 4.69) is 38.4 Å². The van der Waals surface area contributed by atoms with Crippen LogP contribution in [0.25, 0.3) is 5.57 Å². The van der Waals surface area contributed by atoms with Crippen LogP contribution >= 0.6 is 15.9 Å². The van der Waals surface area contributed by atoms with Gasteiger partial charge in [-0.15, -0.1) is 0 Å². The fourth-order valence-electron chi connectivity index (χ4n) is 2.44. The number of hydrogen-bond donors (Lipinski definition) is 1. The SMILES string of the molecule is O=C1CC(C2=CCc3cc(Br)ncc32)CN1. The zero-order valence-electron chi connectivity index (χ0n) is 8.66. The van der Waals surface area contributed by atoms with Crippen LogP contribution in [0.5, 0.6) is 0 Å². The summed E-state index contributed by atoms with van der Waals surface area (Å²) in [4.78, 5) is 15.5. The third kappa shape index (κ3) is 1.57. The fraction of sp³-hybridized carbons (Fsp3) is 0.333. The van der Waals surface area contributed by atoms with Gasteiger partial charge in [0, 0.05) is 25.1 Å². The number of halogens is 1. The van der Waals surface area contributed by atoms with Gasteiger partial charge in [0.05, 0.1) is 0 Å². The minimum atomic E-state index is 0.157. The molecule has 0 saturated carbocycles. The monoisotopic (exact) mass is 278 g/mol. The normalized spacial score (nSPS) is 22.9. The molecule has 0 spiro atoms. The Balaban J connectivity index is 1.93. The van der Waals surface area contributed by atoms with Gasteiger partial charge in [-0.3, -0.25) is 4.79 Å². The number of rotatable bonds is 1. The van der Waals surface area contributed by atoms with Gasteiger partial charge in [-0.1, -0.05) is 6.08 Å². The molecule has 1 amide bonds. The highest BCUT2D eigenvalue weighted by Gasteiger charge is 2.28. The summed E-state index contributed by atoms with van der Waals surface area (Å²) in [5, 5.41) is 2.88. The first-order valence-electron chi connectivity index (χ1n) is 5.35. The van der Waals surface area contributed by atoms with E-state index in [-0.39, 0.29) is 5.91 Å². The van der Waals surface area contributed by atoms with Gasteiger partial charge in [-0.05, 0) is 45.1 Å². The number of nitrogens with zero attached hydrogens (tertiary/aromatic N) is 1. The fourth-order valence-corrected chi connectivity index (χ4v) is 2.82. The molecule has 0 bridgehead atoms. The lowest BCUT2D eigenvalue weighted by Crippen LogP contribution is -2.14. The van der Waals surface area contributed by atoms with Crippen molar-refractivity contribution in [1.82, 2.24) is 10.3 Å². The smallest absolute Gasteiger partial charge is 0.220 e. The van der Waals surface area contributed by atoms with E-state index in [1.807, 2.05) is 6.20 Å². The maximum atomic E-state index is 11.2. The van der Waals surface area contributed by atoms with Crippen molar-refractivity contribution >= 4 is 27.4 Å². The van der Waals surface area contributed by atoms with Crippen molar-refractivity contribution in [1.29, 1.82) is 0 Å². The molecule has 1 aromatic rings. The molecule has 3 nitrogen and oxygen atoms in total. The van der Waals surface area contributed by atoms with Crippen molar-refractivity contribution in [3.05, 3.63) is 34.1 Å². The number of nitrogens with one attached hydrogen (secondary N) is 1. The number of carbonyl (C=O) groups is 1. The number of pyridine rings is 1. The maximum absolute atomic E-state index is 11.2. The van der Waals surface area contributed by atoms with E-state index < -0.39 is 0 Å². The molecule has 3 rings (SSSR count). The highest BCUT2D eigenvalue weighted by molar-refractivity contribution is 9.10. The lowest BCUT2D eigenvalue weighted by Gasteiger charge is -2.10. The topological polar surface area (TPSA) is 42.0 Å². The van der Waals surface area contributed by atoms with E-state index in [1.54, 1.807) is 0 Å². The Morgan fingerprint density at radius 1 is 1.50 bits per heavy atom. The minimum absolute atomic E-state index is 0.157. The van der Waals surface area contributed by atoms with Crippen LogP contribution in [0.15, 0.2) is 22.9 Å². The molecule has 1 atom stereocenters. The van der Waals surface area contributed by atoms with Gasteiger partial charge in [0.1, 0.15) is 4.60 Å². The Bertz CT molecular complexity index is 496. The lowest BCUT2D eigenvalue weighted by atomic mass is 9.94. The molecule has 1 unspecified atom stereocenters. The summed E-state index contributed by atoms with van der Waals surface area (Å²) in [5.41, 5.74) is 3.80. The highest BCUT2D eigenvalue weighted by atomic mass is 79.9. The molecule has 2 heterocycles. The molecular weight excluding hydrogens is 268 g/mol. The van der Waals surface area contributed by atoms with Crippen LogP contribution in [-0.4, -0.2) is 17.4 Å². The zero-order chi connectivity index (χ0) is 11.1. The van der Waals surface area contributed by atoms with Crippen LogP contribution in [0.4, 0.5) is 0 Å². The number of fused-ring (bicyclic) bond motifs is 1. The third-order valence-corrected chi connectivity index (χ3v) is 3.66. The van der Waals surface area contributed by atoms with E-state index in [4.69, 9.17) is 0 Å². The molecule has 1 saturated heterocycles. The van der Waals surface area contributed by atoms with Crippen LogP contribution < -0.4 is 5.32 Å². The Morgan fingerprint density at radius 3 is 3.12 bits per heavy atom. The van der Waals surface area contributed by atoms with Crippen LogP contribution in [-0.2, 0) is 11.2 Å². The zero-order valence-corrected chi connectivity index (χ0v) is 10.3. The summed E-state index contributed by atoms with van der Waals surface area (Å²) >= 11 is 3.38. The number of allylic oxidation sites excluding steroid dienone is 1. The van der Waals surface area contributed by atoms with Crippen molar-refractivity contribution in [3.63, 3.8) is 0 Å². The Kier molecular flexibility index (Phi) is 2.32. The van der Waals surface area contributed by atoms with Crippen molar-refractivity contribution < 1.29 is 4.79 Å². The Labute approximate surface area is 102 Å². The van der Waals surface area contributed by atoms with Crippen molar-refractivity contribution in [2.75, 3.05) is 6.54 Å². The van der Waals surface area contributed by atoms with Crippen LogP contribution in [0, 0.1) is 5.92 Å².